The van der Waals surface area contributed by atoms with E-state index in [-0.39, 0.29) is 6.54 Å². The van der Waals surface area contributed by atoms with Crippen molar-refractivity contribution in [2.45, 2.75) is 19.6 Å². The lowest BCUT2D eigenvalue weighted by Gasteiger charge is -2.08. The van der Waals surface area contributed by atoms with Crippen molar-refractivity contribution >= 4 is 0 Å². The summed E-state index contributed by atoms with van der Waals surface area (Å²) in [4.78, 5) is 4.05. The van der Waals surface area contributed by atoms with Gasteiger partial charge in [-0.2, -0.15) is 18.3 Å². The number of aryl methyl sites for hydroxylation is 1. The van der Waals surface area contributed by atoms with E-state index in [9.17, 15) is 13.2 Å². The Morgan fingerprint density at radius 2 is 2.06 bits per heavy atom. The van der Waals surface area contributed by atoms with Gasteiger partial charge in [-0.05, 0) is 13.0 Å². The van der Waals surface area contributed by atoms with Gasteiger partial charge in [-0.3, -0.25) is 4.98 Å². The van der Waals surface area contributed by atoms with Crippen molar-refractivity contribution in [1.82, 2.24) is 14.8 Å². The summed E-state index contributed by atoms with van der Waals surface area (Å²) < 4.78 is 38.6. The van der Waals surface area contributed by atoms with Gasteiger partial charge >= 0.3 is 6.18 Å². The van der Waals surface area contributed by atoms with Gasteiger partial charge in [0.25, 0.3) is 0 Å². The van der Waals surface area contributed by atoms with Crippen molar-refractivity contribution in [3.05, 3.63) is 41.5 Å². The van der Waals surface area contributed by atoms with Crippen LogP contribution in [-0.4, -0.2) is 14.8 Å². The molecule has 0 aliphatic carbocycles. The first-order valence-corrected chi connectivity index (χ1v) is 5.19. The lowest BCUT2D eigenvalue weighted by Crippen LogP contribution is -2.07. The molecular formula is C11H11F3N4. The third-order valence-corrected chi connectivity index (χ3v) is 2.48. The third kappa shape index (κ3) is 2.35. The Balaban J connectivity index is 2.49. The Morgan fingerprint density at radius 1 is 1.33 bits per heavy atom. The van der Waals surface area contributed by atoms with E-state index in [0.717, 1.165) is 12.4 Å². The zero-order valence-corrected chi connectivity index (χ0v) is 9.57. The summed E-state index contributed by atoms with van der Waals surface area (Å²) in [5.74, 6) is 0. The molecule has 0 spiro atoms. The number of hydrogen-bond acceptors (Lipinski definition) is 3. The minimum atomic E-state index is -4.40. The highest BCUT2D eigenvalue weighted by molar-refractivity contribution is 5.40. The topological polar surface area (TPSA) is 56.7 Å². The number of nitrogens with zero attached hydrogens (tertiary/aromatic N) is 3. The Bertz CT molecular complexity index is 560. The molecule has 7 heteroatoms. The maximum Gasteiger partial charge on any atom is 0.419 e. The maximum atomic E-state index is 12.5. The number of aromatic nitrogens is 3. The van der Waals surface area contributed by atoms with Crippen LogP contribution in [0, 0.1) is 6.92 Å². The number of halogens is 3. The Kier molecular flexibility index (Phi) is 3.08. The van der Waals surface area contributed by atoms with Crippen molar-refractivity contribution < 1.29 is 13.2 Å². The van der Waals surface area contributed by atoms with Crippen molar-refractivity contribution in [3.8, 4) is 5.69 Å². The molecule has 2 N–H and O–H groups in total. The molecule has 0 fully saturated rings. The van der Waals surface area contributed by atoms with Gasteiger partial charge in [0, 0.05) is 30.2 Å². The first-order chi connectivity index (χ1) is 8.41. The van der Waals surface area contributed by atoms with Crippen LogP contribution in [0.2, 0.25) is 0 Å². The van der Waals surface area contributed by atoms with E-state index in [2.05, 4.69) is 10.1 Å². The third-order valence-electron chi connectivity index (χ3n) is 2.48. The number of pyridine rings is 1. The molecule has 0 bridgehead atoms. The normalized spacial score (nSPS) is 11.8. The van der Waals surface area contributed by atoms with Crippen LogP contribution < -0.4 is 5.73 Å². The van der Waals surface area contributed by atoms with Crippen LogP contribution in [0.5, 0.6) is 0 Å². The van der Waals surface area contributed by atoms with Crippen molar-refractivity contribution in [2.24, 2.45) is 5.73 Å². The number of alkyl halides is 3. The van der Waals surface area contributed by atoms with E-state index < -0.39 is 11.7 Å². The minimum absolute atomic E-state index is 0.184. The van der Waals surface area contributed by atoms with E-state index in [0.29, 0.717) is 16.9 Å². The van der Waals surface area contributed by atoms with Gasteiger partial charge in [-0.1, -0.05) is 0 Å². The van der Waals surface area contributed by atoms with Gasteiger partial charge < -0.3 is 5.73 Å². The predicted molar refractivity (Wildman–Crippen MR) is 59.0 cm³/mol. The highest BCUT2D eigenvalue weighted by atomic mass is 19.4. The summed E-state index contributed by atoms with van der Waals surface area (Å²) in [5, 5.41) is 3.72. The fraction of sp³-hybridized carbons (Fsp3) is 0.273. The zero-order valence-electron chi connectivity index (χ0n) is 9.57. The first kappa shape index (κ1) is 12.6. The van der Waals surface area contributed by atoms with Crippen molar-refractivity contribution in [3.63, 3.8) is 0 Å². The minimum Gasteiger partial charge on any atom is -0.326 e. The Morgan fingerprint density at radius 3 is 2.61 bits per heavy atom. The number of nitrogens with two attached hydrogens (primary N) is 1. The molecule has 0 aliphatic heterocycles. The monoisotopic (exact) mass is 256 g/mol. The van der Waals surface area contributed by atoms with Crippen molar-refractivity contribution in [2.75, 3.05) is 0 Å². The van der Waals surface area contributed by atoms with Gasteiger partial charge in [0.1, 0.15) is 0 Å². The predicted octanol–water partition coefficient (Wildman–Crippen LogP) is 2.05. The molecule has 2 rings (SSSR count). The Hall–Kier alpha value is -1.89. The lowest BCUT2D eigenvalue weighted by atomic mass is 10.2. The molecular weight excluding hydrogens is 245 g/mol. The molecule has 0 amide bonds. The average molecular weight is 256 g/mol. The van der Waals surface area contributed by atoms with E-state index in [4.69, 9.17) is 5.73 Å². The lowest BCUT2D eigenvalue weighted by molar-refractivity contribution is -0.137. The van der Waals surface area contributed by atoms with Crippen LogP contribution in [0.3, 0.4) is 0 Å². The molecule has 0 unspecified atom stereocenters. The van der Waals surface area contributed by atoms with Crippen LogP contribution >= 0.6 is 0 Å². The fourth-order valence-corrected chi connectivity index (χ4v) is 1.55. The van der Waals surface area contributed by atoms with Crippen molar-refractivity contribution in [1.29, 1.82) is 0 Å². The Labute approximate surface area is 101 Å². The molecule has 0 saturated heterocycles. The molecule has 0 aliphatic rings. The van der Waals surface area contributed by atoms with Crippen LogP contribution in [-0.2, 0) is 12.7 Å². The maximum absolute atomic E-state index is 12.5. The fourth-order valence-electron chi connectivity index (χ4n) is 1.55. The van der Waals surface area contributed by atoms with Gasteiger partial charge in [-0.25, -0.2) is 4.68 Å². The van der Waals surface area contributed by atoms with E-state index in [1.807, 2.05) is 0 Å². The molecule has 0 atom stereocenters. The second kappa shape index (κ2) is 4.41. The molecule has 2 aromatic heterocycles. The van der Waals surface area contributed by atoms with E-state index >= 15 is 0 Å². The van der Waals surface area contributed by atoms with Crippen LogP contribution in [0.25, 0.3) is 5.69 Å². The summed E-state index contributed by atoms with van der Waals surface area (Å²) in [6, 6.07) is 1.65. The highest BCUT2D eigenvalue weighted by Crippen LogP contribution is 2.29. The molecule has 96 valence electrons. The highest BCUT2D eigenvalue weighted by Gasteiger charge is 2.32. The molecule has 2 heterocycles. The van der Waals surface area contributed by atoms with Gasteiger partial charge in [0.2, 0.25) is 0 Å². The van der Waals surface area contributed by atoms with Crippen LogP contribution in [0.15, 0.2) is 24.7 Å². The second-order valence-electron chi connectivity index (χ2n) is 3.83. The summed E-state index contributed by atoms with van der Waals surface area (Å²) >= 11 is 0. The average Bonchev–Trinajstić information content (AvgIpc) is 2.77. The second-order valence-corrected chi connectivity index (χ2v) is 3.83. The van der Waals surface area contributed by atoms with Gasteiger partial charge in [0.15, 0.2) is 0 Å². The smallest absolute Gasteiger partial charge is 0.326 e. The standard InChI is InChI=1S/C11H11F3N4/c1-7-2-10(8(3-15)4-16-7)18-6-9(5-17-18)11(12,13)14/h2,4-6H,3,15H2,1H3. The summed E-state index contributed by atoms with van der Waals surface area (Å²) in [6.07, 6.45) is -1.13. The molecule has 18 heavy (non-hydrogen) atoms. The quantitative estimate of drug-likeness (QED) is 0.894. The molecule has 0 aromatic carbocycles. The van der Waals surface area contributed by atoms with Crippen LogP contribution in [0.4, 0.5) is 13.2 Å². The van der Waals surface area contributed by atoms with E-state index in [1.165, 1.54) is 4.68 Å². The van der Waals surface area contributed by atoms with Gasteiger partial charge in [0.05, 0.1) is 17.4 Å². The molecule has 4 nitrogen and oxygen atoms in total. The zero-order chi connectivity index (χ0) is 13.3. The summed E-state index contributed by atoms with van der Waals surface area (Å²) in [6.45, 7) is 1.93. The number of hydrogen-bond donors (Lipinski definition) is 1. The number of rotatable bonds is 2. The summed E-state index contributed by atoms with van der Waals surface area (Å²) in [5.41, 5.74) is 6.57. The molecule has 2 aromatic rings. The first-order valence-electron chi connectivity index (χ1n) is 5.19. The SMILES string of the molecule is Cc1cc(-n2cc(C(F)(F)F)cn2)c(CN)cn1. The largest absolute Gasteiger partial charge is 0.419 e. The van der Waals surface area contributed by atoms with Gasteiger partial charge in [-0.15, -0.1) is 0 Å². The van der Waals surface area contributed by atoms with E-state index in [1.54, 1.807) is 19.2 Å². The van der Waals surface area contributed by atoms with Crippen LogP contribution in [0.1, 0.15) is 16.8 Å². The molecule has 0 saturated carbocycles. The summed E-state index contributed by atoms with van der Waals surface area (Å²) in [7, 11) is 0. The molecule has 0 radical (unpaired) electrons.